The second kappa shape index (κ2) is 5.44. The van der Waals surface area contributed by atoms with Crippen LogP contribution in [-0.2, 0) is 13.0 Å². The molecule has 4 heteroatoms. The zero-order valence-corrected chi connectivity index (χ0v) is 12.5. The Morgan fingerprint density at radius 3 is 2.82 bits per heavy atom. The number of rotatable bonds is 3. The summed E-state index contributed by atoms with van der Waals surface area (Å²) in [5.74, 6) is -0.0539. The molecule has 0 spiro atoms. The third-order valence-corrected chi connectivity index (χ3v) is 4.38. The van der Waals surface area contributed by atoms with Crippen molar-refractivity contribution in [2.45, 2.75) is 31.8 Å². The summed E-state index contributed by atoms with van der Waals surface area (Å²) in [5.41, 5.74) is 4.39. The van der Waals surface area contributed by atoms with Crippen LogP contribution < -0.4 is 10.2 Å². The van der Waals surface area contributed by atoms with Crippen molar-refractivity contribution in [3.63, 3.8) is 0 Å². The van der Waals surface area contributed by atoms with Gasteiger partial charge in [-0.25, -0.2) is 0 Å². The number of nitrogens with zero attached hydrogens (tertiary/aromatic N) is 2. The molecule has 1 saturated carbocycles. The highest BCUT2D eigenvalue weighted by Crippen LogP contribution is 2.25. The van der Waals surface area contributed by atoms with Crippen LogP contribution in [0.3, 0.4) is 0 Å². The molecule has 0 bridgehead atoms. The number of amides is 1. The van der Waals surface area contributed by atoms with Crippen LogP contribution in [-0.4, -0.2) is 23.5 Å². The van der Waals surface area contributed by atoms with E-state index >= 15 is 0 Å². The Labute approximate surface area is 130 Å². The van der Waals surface area contributed by atoms with Gasteiger partial charge in [0.2, 0.25) is 0 Å². The van der Waals surface area contributed by atoms with Crippen molar-refractivity contribution in [3.8, 4) is 0 Å². The van der Waals surface area contributed by atoms with Gasteiger partial charge in [-0.3, -0.25) is 9.78 Å². The summed E-state index contributed by atoms with van der Waals surface area (Å²) < 4.78 is 0. The van der Waals surface area contributed by atoms with Crippen molar-refractivity contribution in [1.29, 1.82) is 0 Å². The molecule has 1 aromatic heterocycles. The molecular formula is C18H19N3O. The fraction of sp³-hybridized carbons (Fsp3) is 0.333. The minimum Gasteiger partial charge on any atom is -0.367 e. The summed E-state index contributed by atoms with van der Waals surface area (Å²) in [7, 11) is 0. The van der Waals surface area contributed by atoms with Gasteiger partial charge in [-0.05, 0) is 42.5 Å². The molecule has 2 aliphatic rings. The number of carbonyl (C=O) groups excluding carboxylic acids is 1. The maximum atomic E-state index is 12.1. The van der Waals surface area contributed by atoms with E-state index in [0.717, 1.165) is 38.0 Å². The van der Waals surface area contributed by atoms with Crippen molar-refractivity contribution in [3.05, 3.63) is 59.4 Å². The van der Waals surface area contributed by atoms with Crippen LogP contribution in [0.2, 0.25) is 0 Å². The van der Waals surface area contributed by atoms with E-state index < -0.39 is 0 Å². The van der Waals surface area contributed by atoms with Crippen LogP contribution in [0.15, 0.2) is 42.6 Å². The summed E-state index contributed by atoms with van der Waals surface area (Å²) in [4.78, 5) is 18.7. The number of hydrogen-bond acceptors (Lipinski definition) is 3. The third kappa shape index (κ3) is 2.69. The lowest BCUT2D eigenvalue weighted by Gasteiger charge is -2.30. The monoisotopic (exact) mass is 293 g/mol. The minimum atomic E-state index is -0.0539. The number of aromatic nitrogens is 1. The summed E-state index contributed by atoms with van der Waals surface area (Å²) in [6.45, 7) is 1.87. The first-order chi connectivity index (χ1) is 10.8. The van der Waals surface area contributed by atoms with Crippen LogP contribution in [0.25, 0.3) is 0 Å². The molecule has 0 atom stereocenters. The lowest BCUT2D eigenvalue weighted by atomic mass is 9.99. The van der Waals surface area contributed by atoms with Crippen LogP contribution in [0.4, 0.5) is 5.69 Å². The summed E-state index contributed by atoms with van der Waals surface area (Å²) in [6.07, 6.45) is 4.96. The van der Waals surface area contributed by atoms with E-state index in [4.69, 9.17) is 0 Å². The van der Waals surface area contributed by atoms with E-state index in [0.29, 0.717) is 11.7 Å². The molecule has 2 aromatic rings. The molecule has 1 aliphatic carbocycles. The van der Waals surface area contributed by atoms with Crippen LogP contribution in [0.5, 0.6) is 0 Å². The molecule has 1 N–H and O–H groups in total. The maximum absolute atomic E-state index is 12.1. The van der Waals surface area contributed by atoms with Crippen molar-refractivity contribution in [1.82, 2.24) is 10.3 Å². The normalized spacial score (nSPS) is 17.0. The van der Waals surface area contributed by atoms with Crippen molar-refractivity contribution < 1.29 is 4.79 Å². The number of hydrogen-bond donors (Lipinski definition) is 1. The van der Waals surface area contributed by atoms with E-state index in [-0.39, 0.29) is 5.91 Å². The van der Waals surface area contributed by atoms with Gasteiger partial charge in [0, 0.05) is 31.0 Å². The highest BCUT2D eigenvalue weighted by molar-refractivity contribution is 5.93. The first-order valence-electron chi connectivity index (χ1n) is 7.88. The number of anilines is 1. The Morgan fingerprint density at radius 2 is 2.00 bits per heavy atom. The van der Waals surface area contributed by atoms with Gasteiger partial charge in [-0.1, -0.05) is 24.3 Å². The largest absolute Gasteiger partial charge is 0.367 e. The molecule has 112 valence electrons. The molecule has 22 heavy (non-hydrogen) atoms. The molecule has 1 fully saturated rings. The van der Waals surface area contributed by atoms with Crippen molar-refractivity contribution >= 4 is 11.6 Å². The van der Waals surface area contributed by atoms with Gasteiger partial charge in [-0.2, -0.15) is 0 Å². The third-order valence-electron chi connectivity index (χ3n) is 4.38. The average Bonchev–Trinajstić information content (AvgIpc) is 3.38. The zero-order chi connectivity index (χ0) is 14.9. The molecule has 1 aliphatic heterocycles. The summed E-state index contributed by atoms with van der Waals surface area (Å²) in [6, 6.07) is 12.8. The molecule has 2 heterocycles. The first-order valence-corrected chi connectivity index (χ1v) is 7.88. The standard InChI is InChI=1S/C18H19N3O/c22-18(20-15-5-6-15)17-11-16(7-9-19-17)21-10-8-13-3-1-2-4-14(13)12-21/h1-4,7,9,11,15H,5-6,8,10,12H2,(H,20,22). The maximum Gasteiger partial charge on any atom is 0.270 e. The predicted molar refractivity (Wildman–Crippen MR) is 85.9 cm³/mol. The van der Waals surface area contributed by atoms with Gasteiger partial charge in [0.25, 0.3) is 5.91 Å². The Kier molecular flexibility index (Phi) is 3.29. The number of pyridine rings is 1. The van der Waals surface area contributed by atoms with E-state index in [2.05, 4.69) is 39.5 Å². The summed E-state index contributed by atoms with van der Waals surface area (Å²) in [5, 5.41) is 3.00. The van der Waals surface area contributed by atoms with Crippen molar-refractivity contribution in [2.24, 2.45) is 0 Å². The molecule has 4 rings (SSSR count). The zero-order valence-electron chi connectivity index (χ0n) is 12.5. The smallest absolute Gasteiger partial charge is 0.270 e. The lowest BCUT2D eigenvalue weighted by Crippen LogP contribution is -2.31. The number of fused-ring (bicyclic) bond motifs is 1. The number of carbonyl (C=O) groups is 1. The molecule has 4 nitrogen and oxygen atoms in total. The van der Waals surface area contributed by atoms with Gasteiger partial charge in [-0.15, -0.1) is 0 Å². The molecule has 1 aromatic carbocycles. The Balaban J connectivity index is 1.54. The van der Waals surface area contributed by atoms with E-state index in [1.807, 2.05) is 12.1 Å². The van der Waals surface area contributed by atoms with Crippen LogP contribution in [0.1, 0.15) is 34.5 Å². The number of benzene rings is 1. The van der Waals surface area contributed by atoms with E-state index in [9.17, 15) is 4.79 Å². The van der Waals surface area contributed by atoms with Gasteiger partial charge < -0.3 is 10.2 Å². The van der Waals surface area contributed by atoms with Gasteiger partial charge in [0.1, 0.15) is 5.69 Å². The van der Waals surface area contributed by atoms with Crippen LogP contribution >= 0.6 is 0 Å². The molecular weight excluding hydrogens is 274 g/mol. The highest BCUT2D eigenvalue weighted by Gasteiger charge is 2.25. The fourth-order valence-corrected chi connectivity index (χ4v) is 2.94. The summed E-state index contributed by atoms with van der Waals surface area (Å²) >= 11 is 0. The quantitative estimate of drug-likeness (QED) is 0.946. The SMILES string of the molecule is O=C(NC1CC1)c1cc(N2CCc3ccccc3C2)ccn1. The predicted octanol–water partition coefficient (Wildman–Crippen LogP) is 2.54. The highest BCUT2D eigenvalue weighted by atomic mass is 16.2. The first kappa shape index (κ1) is 13.3. The van der Waals surface area contributed by atoms with E-state index in [1.165, 1.54) is 11.1 Å². The van der Waals surface area contributed by atoms with Gasteiger partial charge in [0.05, 0.1) is 0 Å². The topological polar surface area (TPSA) is 45.2 Å². The van der Waals surface area contributed by atoms with E-state index in [1.54, 1.807) is 6.20 Å². The fourth-order valence-electron chi connectivity index (χ4n) is 2.94. The van der Waals surface area contributed by atoms with Crippen LogP contribution in [0, 0.1) is 0 Å². The molecule has 0 radical (unpaired) electrons. The molecule has 1 amide bonds. The second-order valence-corrected chi connectivity index (χ2v) is 6.09. The molecule has 0 unspecified atom stereocenters. The van der Waals surface area contributed by atoms with Gasteiger partial charge in [0.15, 0.2) is 0 Å². The Morgan fingerprint density at radius 1 is 1.18 bits per heavy atom. The lowest BCUT2D eigenvalue weighted by molar-refractivity contribution is 0.0946. The Hall–Kier alpha value is -2.36. The second-order valence-electron chi connectivity index (χ2n) is 6.09. The van der Waals surface area contributed by atoms with Gasteiger partial charge >= 0.3 is 0 Å². The molecule has 0 saturated heterocycles. The van der Waals surface area contributed by atoms with Crippen molar-refractivity contribution in [2.75, 3.05) is 11.4 Å². The average molecular weight is 293 g/mol. The Bertz CT molecular complexity index is 709. The minimum absolute atomic E-state index is 0.0539. The number of nitrogens with one attached hydrogen (secondary N) is 1.